The van der Waals surface area contributed by atoms with Crippen molar-refractivity contribution in [1.82, 2.24) is 0 Å². The topological polar surface area (TPSA) is 0 Å². The van der Waals surface area contributed by atoms with Crippen molar-refractivity contribution in [3.63, 3.8) is 0 Å². The van der Waals surface area contributed by atoms with Crippen molar-refractivity contribution in [2.45, 2.75) is 39.0 Å². The van der Waals surface area contributed by atoms with Crippen LogP contribution in [0.3, 0.4) is 0 Å². The first-order chi connectivity index (χ1) is 38.1. The van der Waals surface area contributed by atoms with Gasteiger partial charge in [-0.2, -0.15) is 0 Å². The third-order valence-electron chi connectivity index (χ3n) is 18.6. The minimum atomic E-state index is 0.328. The zero-order valence-corrected chi connectivity index (χ0v) is 43.2. The summed E-state index contributed by atoms with van der Waals surface area (Å²) in [6.07, 6.45) is 23.0. The molecular weight excluding hydrogens is 925 g/mol. The van der Waals surface area contributed by atoms with Gasteiger partial charge in [0.25, 0.3) is 0 Å². The predicted octanol–water partition coefficient (Wildman–Crippen LogP) is 18.5. The number of hydrogen-bond donors (Lipinski definition) is 0. The molecule has 8 aliphatic carbocycles. The second-order valence-electron chi connectivity index (χ2n) is 22.9. The smallest absolute Gasteiger partial charge is 0.0196 e. The minimum Gasteiger partial charge on any atom is -0.0842 e. The van der Waals surface area contributed by atoms with Crippen molar-refractivity contribution in [2.24, 2.45) is 17.8 Å². The second kappa shape index (κ2) is 16.6. The van der Waals surface area contributed by atoms with Crippen LogP contribution in [0.15, 0.2) is 258 Å². The molecule has 0 nitrogen and oxygen atoms in total. The van der Waals surface area contributed by atoms with Gasteiger partial charge in [-0.3, -0.25) is 0 Å². The maximum atomic E-state index is 2.70. The minimum absolute atomic E-state index is 0.328. The molecular formula is C77H54. The van der Waals surface area contributed by atoms with Crippen molar-refractivity contribution >= 4 is 33.1 Å². The molecule has 0 fully saturated rings. The normalized spacial score (nSPS) is 19.6. The van der Waals surface area contributed by atoms with Gasteiger partial charge in [0.2, 0.25) is 0 Å². The molecule has 0 radical (unpaired) electrons. The maximum Gasteiger partial charge on any atom is 0.0196 e. The highest BCUT2D eigenvalue weighted by atomic mass is 14.5. The molecule has 0 aromatic heterocycles. The molecule has 3 unspecified atom stereocenters. The van der Waals surface area contributed by atoms with Crippen molar-refractivity contribution in [1.29, 1.82) is 0 Å². The van der Waals surface area contributed by atoms with Gasteiger partial charge in [-0.15, -0.1) is 0 Å². The molecule has 0 spiro atoms. The molecule has 362 valence electrons. The molecule has 0 heteroatoms. The van der Waals surface area contributed by atoms with Crippen LogP contribution in [-0.4, -0.2) is 0 Å². The second-order valence-corrected chi connectivity index (χ2v) is 22.9. The molecule has 0 bridgehead atoms. The maximum absolute atomic E-state index is 2.70. The van der Waals surface area contributed by atoms with E-state index in [0.29, 0.717) is 17.8 Å². The van der Waals surface area contributed by atoms with Crippen LogP contribution in [0, 0.1) is 17.8 Å². The van der Waals surface area contributed by atoms with Crippen LogP contribution in [-0.2, 0) is 0 Å². The van der Waals surface area contributed by atoms with E-state index in [9.17, 15) is 0 Å². The van der Waals surface area contributed by atoms with E-state index < -0.39 is 0 Å². The summed E-state index contributed by atoms with van der Waals surface area (Å²) < 4.78 is 0. The predicted molar refractivity (Wildman–Crippen MR) is 323 cm³/mol. The number of benzene rings is 9. The highest BCUT2D eigenvalue weighted by molar-refractivity contribution is 6.23. The van der Waals surface area contributed by atoms with E-state index in [2.05, 4.69) is 238 Å². The Morgan fingerprint density at radius 3 is 1.64 bits per heavy atom. The first-order valence-corrected chi connectivity index (χ1v) is 28.1. The average molecular weight is 979 g/mol. The van der Waals surface area contributed by atoms with E-state index in [1.807, 2.05) is 0 Å². The Bertz CT molecular complexity index is 4370. The standard InChI is InChI=1S/C77H54/c1-45-33-52-30-29-50-31-32-63-75-69(42-57(34-45)70(52)73(50)75)77-72(59-39-55(48-21-10-4-11-22-48)36-56(40-59)49-23-12-5-13-24-49)67-43-64-62-28-16-27-61-60-26-15-14-25-51(60)41-66(74(61)62)65(64)44-68(67)71(76(63)77)58-37-53(46-17-6-2-7-18-46)35-54(38-58)47-19-8-3-9-20-47/h2-13,15-24,26-30,33-40,42-44,51-52,70H,14,25,31-32,41H2,1H3. The van der Waals surface area contributed by atoms with E-state index in [1.165, 1.54) is 167 Å². The fourth-order valence-corrected chi connectivity index (χ4v) is 15.4. The van der Waals surface area contributed by atoms with E-state index >= 15 is 0 Å². The Balaban J connectivity index is 1.07. The quantitative estimate of drug-likeness (QED) is 0.156. The summed E-state index contributed by atoms with van der Waals surface area (Å²) in [5.41, 5.74) is 35.5. The summed E-state index contributed by atoms with van der Waals surface area (Å²) in [5, 5.41) is 5.57. The molecule has 0 aliphatic heterocycles. The van der Waals surface area contributed by atoms with Crippen LogP contribution in [0.5, 0.6) is 0 Å². The van der Waals surface area contributed by atoms with E-state index in [-0.39, 0.29) is 0 Å². The lowest BCUT2D eigenvalue weighted by Crippen LogP contribution is -2.35. The summed E-state index contributed by atoms with van der Waals surface area (Å²) >= 11 is 0. The Hall–Kier alpha value is -8.84. The highest BCUT2D eigenvalue weighted by Crippen LogP contribution is 2.64. The zero-order chi connectivity index (χ0) is 50.5. The molecule has 0 saturated heterocycles. The van der Waals surface area contributed by atoms with Crippen LogP contribution in [0.25, 0.3) is 111 Å². The van der Waals surface area contributed by atoms with Gasteiger partial charge < -0.3 is 0 Å². The monoisotopic (exact) mass is 978 g/mol. The Morgan fingerprint density at radius 2 is 1.03 bits per heavy atom. The fourth-order valence-electron chi connectivity index (χ4n) is 15.4. The molecule has 8 aliphatic rings. The summed E-state index contributed by atoms with van der Waals surface area (Å²) in [5.74, 6) is 1.21. The van der Waals surface area contributed by atoms with Crippen LogP contribution < -0.4 is 10.4 Å². The van der Waals surface area contributed by atoms with Gasteiger partial charge >= 0.3 is 0 Å². The Labute approximate surface area is 450 Å². The first kappa shape index (κ1) is 43.4. The summed E-state index contributed by atoms with van der Waals surface area (Å²) in [6, 6.07) is 71.9. The lowest BCUT2D eigenvalue weighted by atomic mass is 9.63. The molecule has 17 rings (SSSR count). The number of hydrogen-bond acceptors (Lipinski definition) is 0. The lowest BCUT2D eigenvalue weighted by Gasteiger charge is -2.40. The van der Waals surface area contributed by atoms with Gasteiger partial charge in [0.15, 0.2) is 0 Å². The number of rotatable bonds is 6. The Kier molecular flexibility index (Phi) is 9.35. The average Bonchev–Trinajstić information content (AvgIpc) is 3.98. The SMILES string of the molecule is CC1=CC2C=CC3=C4C5=C(CC3)c3c(c(-c6cc(-c7ccccc7)cc(-c7ccccc7)c6)c6cc7c(cc6c3-c3cc(-c6ccccc6)cc(-c6ccccc6)c3)C3=c6c-7cccc6=C6C=CCCC6C3)C5=CC(=C1)C42. The van der Waals surface area contributed by atoms with E-state index in [0.717, 1.165) is 25.7 Å². The molecule has 3 atom stereocenters. The molecule has 9 aromatic carbocycles. The van der Waals surface area contributed by atoms with Crippen molar-refractivity contribution in [2.75, 3.05) is 0 Å². The third kappa shape index (κ3) is 6.46. The molecule has 0 amide bonds. The zero-order valence-electron chi connectivity index (χ0n) is 43.2. The number of allylic oxidation sites excluding steroid dienone is 14. The largest absolute Gasteiger partial charge is 0.0842 e. The van der Waals surface area contributed by atoms with Gasteiger partial charge in [0.1, 0.15) is 0 Å². The summed E-state index contributed by atoms with van der Waals surface area (Å²) in [7, 11) is 0. The van der Waals surface area contributed by atoms with Gasteiger partial charge in [-0.25, -0.2) is 0 Å². The molecule has 0 N–H and O–H groups in total. The van der Waals surface area contributed by atoms with Gasteiger partial charge in [-0.05, 0) is 260 Å². The Morgan fingerprint density at radius 1 is 0.455 bits per heavy atom. The van der Waals surface area contributed by atoms with Crippen molar-refractivity contribution in [3.8, 4) is 77.9 Å². The van der Waals surface area contributed by atoms with Gasteiger partial charge in [0.05, 0.1) is 0 Å². The molecule has 0 heterocycles. The highest BCUT2D eigenvalue weighted by Gasteiger charge is 2.46. The van der Waals surface area contributed by atoms with Crippen LogP contribution in [0.1, 0.15) is 55.7 Å². The van der Waals surface area contributed by atoms with Crippen LogP contribution in [0.4, 0.5) is 0 Å². The molecule has 9 aromatic rings. The summed E-state index contributed by atoms with van der Waals surface area (Å²) in [4.78, 5) is 0. The van der Waals surface area contributed by atoms with Crippen LogP contribution >= 0.6 is 0 Å². The van der Waals surface area contributed by atoms with E-state index in [1.54, 1.807) is 5.57 Å². The van der Waals surface area contributed by atoms with Crippen molar-refractivity contribution in [3.05, 3.63) is 286 Å². The fraction of sp³-hybridized carbons (Fsp3) is 0.117. The summed E-state index contributed by atoms with van der Waals surface area (Å²) in [6.45, 7) is 2.30. The third-order valence-corrected chi connectivity index (χ3v) is 18.6. The van der Waals surface area contributed by atoms with Crippen LogP contribution in [0.2, 0.25) is 0 Å². The first-order valence-electron chi connectivity index (χ1n) is 28.1. The van der Waals surface area contributed by atoms with Gasteiger partial charge in [-0.1, -0.05) is 182 Å². The van der Waals surface area contributed by atoms with Gasteiger partial charge in [0, 0.05) is 11.8 Å². The molecule has 77 heavy (non-hydrogen) atoms. The number of fused-ring (bicyclic) bond motifs is 8. The van der Waals surface area contributed by atoms with Crippen molar-refractivity contribution < 1.29 is 0 Å². The molecule has 0 saturated carbocycles. The van der Waals surface area contributed by atoms with E-state index in [4.69, 9.17) is 0 Å². The lowest BCUT2D eigenvalue weighted by molar-refractivity contribution is 0.587.